The lowest BCUT2D eigenvalue weighted by atomic mass is 10.1. The molecule has 132 valence electrons. The Morgan fingerprint density at radius 2 is 2.36 bits per heavy atom. The second kappa shape index (κ2) is 6.88. The molecule has 0 spiro atoms. The largest absolute Gasteiger partial charge is 0.493 e. The minimum atomic E-state index is -0.0915. The Hall–Kier alpha value is -2.34. The number of carbonyl (C=O) groups excluding carboxylic acids is 1. The molecule has 2 aliphatic rings. The quantitative estimate of drug-likeness (QED) is 0.876. The van der Waals surface area contributed by atoms with E-state index in [2.05, 4.69) is 33.4 Å². The molecule has 0 bridgehead atoms. The fraction of sp³-hybridized carbons (Fsp3) is 0.474. The number of amides is 1. The van der Waals surface area contributed by atoms with Gasteiger partial charge >= 0.3 is 0 Å². The highest BCUT2D eigenvalue weighted by Gasteiger charge is 2.23. The fourth-order valence-electron chi connectivity index (χ4n) is 3.78. The van der Waals surface area contributed by atoms with E-state index >= 15 is 0 Å². The molecule has 1 atom stereocenters. The van der Waals surface area contributed by atoms with Crippen molar-refractivity contribution in [2.45, 2.75) is 32.2 Å². The summed E-state index contributed by atoms with van der Waals surface area (Å²) in [5.41, 5.74) is 3.50. The molecule has 0 radical (unpaired) electrons. The third kappa shape index (κ3) is 3.26. The summed E-state index contributed by atoms with van der Waals surface area (Å²) in [6.07, 6.45) is 3.29. The van der Waals surface area contributed by atoms with E-state index in [0.717, 1.165) is 49.5 Å². The van der Waals surface area contributed by atoms with Crippen molar-refractivity contribution in [1.82, 2.24) is 20.4 Å². The Bertz CT molecular complexity index is 771. The number of aromatic amines is 1. The van der Waals surface area contributed by atoms with E-state index in [9.17, 15) is 4.79 Å². The number of rotatable bonds is 5. The Balaban J connectivity index is 1.41. The van der Waals surface area contributed by atoms with Gasteiger partial charge in [-0.3, -0.25) is 14.8 Å². The highest BCUT2D eigenvalue weighted by atomic mass is 16.5. The lowest BCUT2D eigenvalue weighted by molar-refractivity contribution is 0.0936. The maximum absolute atomic E-state index is 12.4. The Labute approximate surface area is 147 Å². The van der Waals surface area contributed by atoms with Gasteiger partial charge in [-0.2, -0.15) is 5.10 Å². The van der Waals surface area contributed by atoms with Gasteiger partial charge in [0.25, 0.3) is 5.91 Å². The molecule has 0 saturated carbocycles. The van der Waals surface area contributed by atoms with Gasteiger partial charge in [0.1, 0.15) is 11.4 Å². The molecule has 1 aromatic carbocycles. The molecule has 6 nitrogen and oxygen atoms in total. The first-order chi connectivity index (χ1) is 12.2. The van der Waals surface area contributed by atoms with E-state index in [-0.39, 0.29) is 5.91 Å². The van der Waals surface area contributed by atoms with Crippen molar-refractivity contribution in [3.05, 3.63) is 35.5 Å². The monoisotopic (exact) mass is 340 g/mol. The van der Waals surface area contributed by atoms with Crippen LogP contribution in [0.5, 0.6) is 5.75 Å². The van der Waals surface area contributed by atoms with Gasteiger partial charge < -0.3 is 10.1 Å². The molecule has 1 amide bonds. The first-order valence-electron chi connectivity index (χ1n) is 9.08. The van der Waals surface area contributed by atoms with Crippen LogP contribution < -0.4 is 10.1 Å². The number of aromatic nitrogens is 2. The van der Waals surface area contributed by atoms with Crippen molar-refractivity contribution in [3.8, 4) is 17.0 Å². The van der Waals surface area contributed by atoms with Crippen LogP contribution in [-0.4, -0.2) is 53.3 Å². The van der Waals surface area contributed by atoms with E-state index in [1.165, 1.54) is 12.0 Å². The van der Waals surface area contributed by atoms with Gasteiger partial charge in [0.05, 0.1) is 12.3 Å². The van der Waals surface area contributed by atoms with Crippen molar-refractivity contribution in [3.63, 3.8) is 0 Å². The summed E-state index contributed by atoms with van der Waals surface area (Å²) in [7, 11) is 0. The van der Waals surface area contributed by atoms with Crippen molar-refractivity contribution in [1.29, 1.82) is 0 Å². The number of ether oxygens (including phenoxy) is 1. The second-order valence-electron chi connectivity index (χ2n) is 6.72. The minimum absolute atomic E-state index is 0.0915. The summed E-state index contributed by atoms with van der Waals surface area (Å²) in [6, 6.07) is 8.33. The van der Waals surface area contributed by atoms with E-state index in [1.807, 2.05) is 18.2 Å². The number of likely N-dealkylation sites (tertiary alicyclic amines) is 1. The number of hydrogen-bond acceptors (Lipinski definition) is 4. The summed E-state index contributed by atoms with van der Waals surface area (Å²) >= 11 is 0. The zero-order chi connectivity index (χ0) is 17.2. The van der Waals surface area contributed by atoms with Crippen molar-refractivity contribution in [2.24, 2.45) is 0 Å². The molecule has 1 aromatic heterocycles. The molecule has 4 rings (SSSR count). The van der Waals surface area contributed by atoms with Gasteiger partial charge in [-0.15, -0.1) is 0 Å². The maximum Gasteiger partial charge on any atom is 0.269 e. The number of fused-ring (bicyclic) bond motifs is 1. The molecule has 0 unspecified atom stereocenters. The van der Waals surface area contributed by atoms with Crippen LogP contribution in [0.25, 0.3) is 11.3 Å². The average Bonchev–Trinajstić information content (AvgIpc) is 3.38. The predicted octanol–water partition coefficient (Wildman–Crippen LogP) is 2.23. The van der Waals surface area contributed by atoms with Crippen LogP contribution >= 0.6 is 0 Å². The van der Waals surface area contributed by atoms with Crippen LogP contribution in [0.4, 0.5) is 0 Å². The topological polar surface area (TPSA) is 70.2 Å². The first kappa shape index (κ1) is 16.1. The zero-order valence-electron chi connectivity index (χ0n) is 14.5. The third-order valence-corrected chi connectivity index (χ3v) is 5.21. The molecule has 1 fully saturated rings. The number of hydrogen-bond donors (Lipinski definition) is 2. The lowest BCUT2D eigenvalue weighted by Crippen LogP contribution is -2.40. The molecule has 2 N–H and O–H groups in total. The summed E-state index contributed by atoms with van der Waals surface area (Å²) in [5.74, 6) is 0.862. The molecule has 0 aliphatic carbocycles. The second-order valence-corrected chi connectivity index (χ2v) is 6.72. The van der Waals surface area contributed by atoms with Gasteiger partial charge in [-0.05, 0) is 55.8 Å². The van der Waals surface area contributed by atoms with Gasteiger partial charge in [0, 0.05) is 24.6 Å². The molecule has 1 saturated heterocycles. The van der Waals surface area contributed by atoms with Gasteiger partial charge in [0.2, 0.25) is 0 Å². The predicted molar refractivity (Wildman–Crippen MR) is 95.8 cm³/mol. The Kier molecular flexibility index (Phi) is 4.44. The number of H-pyrrole nitrogens is 1. The standard InChI is InChI=1S/C19H24N4O2/c1-2-23-8-3-4-15(23)12-20-19(24)17-11-16(21-22-17)13-5-6-18-14(10-13)7-9-25-18/h5-6,10-11,15H,2-4,7-9,12H2,1H3,(H,20,24)(H,21,22)/t15-/m0/s1. The van der Waals surface area contributed by atoms with Gasteiger partial charge in [-0.1, -0.05) is 6.92 Å². The van der Waals surface area contributed by atoms with Gasteiger partial charge in [-0.25, -0.2) is 0 Å². The van der Waals surface area contributed by atoms with Crippen LogP contribution in [0, 0.1) is 0 Å². The number of benzene rings is 1. The third-order valence-electron chi connectivity index (χ3n) is 5.21. The normalized spacial score (nSPS) is 19.6. The van der Waals surface area contributed by atoms with Crippen LogP contribution in [0.15, 0.2) is 24.3 Å². The zero-order valence-corrected chi connectivity index (χ0v) is 14.5. The molecular weight excluding hydrogens is 316 g/mol. The molecule has 25 heavy (non-hydrogen) atoms. The summed E-state index contributed by atoms with van der Waals surface area (Å²) in [6.45, 7) is 5.77. The number of nitrogens with one attached hydrogen (secondary N) is 2. The Morgan fingerprint density at radius 3 is 3.24 bits per heavy atom. The smallest absolute Gasteiger partial charge is 0.269 e. The van der Waals surface area contributed by atoms with Crippen LogP contribution in [-0.2, 0) is 6.42 Å². The number of carbonyl (C=O) groups is 1. The molecule has 3 heterocycles. The molecule has 6 heteroatoms. The first-order valence-corrected chi connectivity index (χ1v) is 9.08. The number of nitrogens with zero attached hydrogens (tertiary/aromatic N) is 2. The van der Waals surface area contributed by atoms with Crippen LogP contribution in [0.1, 0.15) is 35.8 Å². The number of likely N-dealkylation sites (N-methyl/N-ethyl adjacent to an activating group) is 1. The van der Waals surface area contributed by atoms with E-state index in [4.69, 9.17) is 4.74 Å². The SMILES string of the molecule is CCN1CCC[C@H]1CNC(=O)c1cc(-c2ccc3c(c2)CCO3)n[nH]1. The van der Waals surface area contributed by atoms with Gasteiger partial charge in [0.15, 0.2) is 0 Å². The van der Waals surface area contributed by atoms with E-state index in [1.54, 1.807) is 0 Å². The molecule has 2 aromatic rings. The summed E-state index contributed by atoms with van der Waals surface area (Å²) in [5, 5.41) is 10.2. The van der Waals surface area contributed by atoms with Crippen molar-refractivity contribution < 1.29 is 9.53 Å². The Morgan fingerprint density at radius 1 is 1.44 bits per heavy atom. The lowest BCUT2D eigenvalue weighted by Gasteiger charge is -2.22. The van der Waals surface area contributed by atoms with Crippen LogP contribution in [0.3, 0.4) is 0 Å². The average molecular weight is 340 g/mol. The maximum atomic E-state index is 12.4. The summed E-state index contributed by atoms with van der Waals surface area (Å²) in [4.78, 5) is 14.8. The van der Waals surface area contributed by atoms with Crippen molar-refractivity contribution in [2.75, 3.05) is 26.2 Å². The van der Waals surface area contributed by atoms with E-state index < -0.39 is 0 Å². The highest BCUT2D eigenvalue weighted by Crippen LogP contribution is 2.29. The minimum Gasteiger partial charge on any atom is -0.493 e. The molecule has 2 aliphatic heterocycles. The highest BCUT2D eigenvalue weighted by molar-refractivity contribution is 5.93. The van der Waals surface area contributed by atoms with E-state index in [0.29, 0.717) is 18.3 Å². The fourth-order valence-corrected chi connectivity index (χ4v) is 3.78. The van der Waals surface area contributed by atoms with Crippen molar-refractivity contribution >= 4 is 5.91 Å². The van der Waals surface area contributed by atoms with Crippen LogP contribution in [0.2, 0.25) is 0 Å². The summed E-state index contributed by atoms with van der Waals surface area (Å²) < 4.78 is 5.53. The molecular formula is C19H24N4O2.